The van der Waals surface area contributed by atoms with Crippen LogP contribution in [0.15, 0.2) is 18.2 Å². The molecular formula is C12H14N2O2. The zero-order valence-electron chi connectivity index (χ0n) is 8.95. The Labute approximate surface area is 94.0 Å². The van der Waals surface area contributed by atoms with E-state index in [1.54, 1.807) is 0 Å². The molecule has 0 unspecified atom stereocenters. The quantitative estimate of drug-likeness (QED) is 0.776. The topological polar surface area (TPSA) is 50.4 Å². The molecule has 3 rings (SSSR count). The van der Waals surface area contributed by atoms with E-state index < -0.39 is 0 Å². The monoisotopic (exact) mass is 218 g/mol. The van der Waals surface area contributed by atoms with E-state index in [0.717, 1.165) is 30.9 Å². The van der Waals surface area contributed by atoms with Crippen LogP contribution in [0.2, 0.25) is 0 Å². The van der Waals surface area contributed by atoms with Gasteiger partial charge in [-0.25, -0.2) is 0 Å². The van der Waals surface area contributed by atoms with Crippen LogP contribution in [0, 0.1) is 0 Å². The second-order valence-electron chi connectivity index (χ2n) is 4.27. The Balaban J connectivity index is 1.78. The summed E-state index contributed by atoms with van der Waals surface area (Å²) in [6, 6.07) is 5.88. The van der Waals surface area contributed by atoms with Gasteiger partial charge in [0.2, 0.25) is 5.91 Å². The minimum atomic E-state index is 0.101. The zero-order valence-corrected chi connectivity index (χ0v) is 8.95. The fraction of sp³-hybridized carbons (Fsp3) is 0.417. The molecule has 4 nitrogen and oxygen atoms in total. The maximum absolute atomic E-state index is 11.2. The first-order valence-electron chi connectivity index (χ1n) is 5.61. The Morgan fingerprint density at radius 3 is 2.88 bits per heavy atom. The number of hydrogen-bond donors (Lipinski definition) is 2. The van der Waals surface area contributed by atoms with Gasteiger partial charge in [0.05, 0.1) is 0 Å². The fourth-order valence-corrected chi connectivity index (χ4v) is 1.97. The lowest BCUT2D eigenvalue weighted by molar-refractivity contribution is -0.116. The number of amides is 1. The van der Waals surface area contributed by atoms with E-state index in [0.29, 0.717) is 12.5 Å². The van der Waals surface area contributed by atoms with Gasteiger partial charge in [-0.1, -0.05) is 0 Å². The van der Waals surface area contributed by atoms with E-state index in [9.17, 15) is 4.79 Å². The van der Waals surface area contributed by atoms with Crippen molar-refractivity contribution < 1.29 is 9.53 Å². The number of hydrogen-bond acceptors (Lipinski definition) is 3. The van der Waals surface area contributed by atoms with Crippen LogP contribution in [0.25, 0.3) is 0 Å². The smallest absolute Gasteiger partial charge is 0.224 e. The molecule has 0 atom stereocenters. The molecule has 1 aromatic rings. The van der Waals surface area contributed by atoms with Gasteiger partial charge in [-0.2, -0.15) is 0 Å². The summed E-state index contributed by atoms with van der Waals surface area (Å²) in [4.78, 5) is 11.2. The highest BCUT2D eigenvalue weighted by molar-refractivity contribution is 5.93. The third-order valence-corrected chi connectivity index (χ3v) is 3.02. The molecule has 2 heterocycles. The predicted octanol–water partition coefficient (Wildman–Crippen LogP) is 0.922. The molecule has 1 saturated heterocycles. The predicted molar refractivity (Wildman–Crippen MR) is 60.7 cm³/mol. The molecule has 16 heavy (non-hydrogen) atoms. The van der Waals surface area contributed by atoms with Gasteiger partial charge in [-0.05, 0) is 30.2 Å². The minimum absolute atomic E-state index is 0.101. The second-order valence-corrected chi connectivity index (χ2v) is 4.27. The molecule has 1 aromatic carbocycles. The van der Waals surface area contributed by atoms with Crippen LogP contribution >= 0.6 is 0 Å². The van der Waals surface area contributed by atoms with Crippen molar-refractivity contribution in [3.05, 3.63) is 23.8 Å². The Kier molecular flexibility index (Phi) is 2.29. The van der Waals surface area contributed by atoms with Crippen molar-refractivity contribution in [3.63, 3.8) is 0 Å². The normalized spacial score (nSPS) is 19.6. The largest absolute Gasteiger partial charge is 0.488 e. The summed E-state index contributed by atoms with van der Waals surface area (Å²) >= 11 is 0. The summed E-state index contributed by atoms with van der Waals surface area (Å²) in [7, 11) is 0. The number of aryl methyl sites for hydroxylation is 1. The summed E-state index contributed by atoms with van der Waals surface area (Å²) in [6.07, 6.45) is 1.68. The number of nitrogens with one attached hydrogen (secondary N) is 2. The number of fused-ring (bicyclic) bond motifs is 1. The minimum Gasteiger partial charge on any atom is -0.488 e. The lowest BCUT2D eigenvalue weighted by Gasteiger charge is -2.28. The number of carbonyl (C=O) groups is 1. The second kappa shape index (κ2) is 3.79. The first-order valence-corrected chi connectivity index (χ1v) is 5.61. The third-order valence-electron chi connectivity index (χ3n) is 3.02. The van der Waals surface area contributed by atoms with Gasteiger partial charge in [-0.3, -0.25) is 4.79 Å². The first-order chi connectivity index (χ1) is 7.81. The van der Waals surface area contributed by atoms with E-state index in [2.05, 4.69) is 10.6 Å². The van der Waals surface area contributed by atoms with E-state index >= 15 is 0 Å². The lowest BCUT2D eigenvalue weighted by Crippen LogP contribution is -2.50. The standard InChI is InChI=1S/C12H14N2O2/c15-12-4-1-8-5-9(2-3-11(8)14-12)16-10-6-13-7-10/h2-3,5,10,13H,1,4,6-7H2,(H,14,15). The maximum Gasteiger partial charge on any atom is 0.224 e. The molecule has 0 bridgehead atoms. The van der Waals surface area contributed by atoms with Crippen molar-refractivity contribution in [2.75, 3.05) is 18.4 Å². The van der Waals surface area contributed by atoms with Gasteiger partial charge in [0.25, 0.3) is 0 Å². The SMILES string of the molecule is O=C1CCc2cc(OC3CNC3)ccc2N1. The van der Waals surface area contributed by atoms with Crippen molar-refractivity contribution in [1.82, 2.24) is 5.32 Å². The molecule has 2 N–H and O–H groups in total. The van der Waals surface area contributed by atoms with Gasteiger partial charge in [0, 0.05) is 25.2 Å². The number of anilines is 1. The van der Waals surface area contributed by atoms with Gasteiger partial charge < -0.3 is 15.4 Å². The van der Waals surface area contributed by atoms with Crippen LogP contribution in [-0.4, -0.2) is 25.1 Å². The van der Waals surface area contributed by atoms with E-state index in [1.165, 1.54) is 5.56 Å². The highest BCUT2D eigenvalue weighted by Gasteiger charge is 2.20. The number of benzene rings is 1. The number of ether oxygens (including phenoxy) is 1. The third kappa shape index (κ3) is 1.76. The molecule has 84 valence electrons. The molecular weight excluding hydrogens is 204 g/mol. The highest BCUT2D eigenvalue weighted by Crippen LogP contribution is 2.27. The van der Waals surface area contributed by atoms with Crippen molar-refractivity contribution in [1.29, 1.82) is 0 Å². The van der Waals surface area contributed by atoms with Crippen LogP contribution in [-0.2, 0) is 11.2 Å². The summed E-state index contributed by atoms with van der Waals surface area (Å²) < 4.78 is 5.77. The molecule has 0 radical (unpaired) electrons. The Bertz CT molecular complexity index is 427. The molecule has 1 fully saturated rings. The Morgan fingerprint density at radius 2 is 2.12 bits per heavy atom. The van der Waals surface area contributed by atoms with Crippen molar-refractivity contribution >= 4 is 11.6 Å². The molecule has 0 aliphatic carbocycles. The summed E-state index contributed by atoms with van der Waals surface area (Å²) in [5, 5.41) is 6.03. The molecule has 4 heteroatoms. The van der Waals surface area contributed by atoms with E-state index in [-0.39, 0.29) is 5.91 Å². The van der Waals surface area contributed by atoms with Gasteiger partial charge >= 0.3 is 0 Å². The van der Waals surface area contributed by atoms with Crippen molar-refractivity contribution in [2.45, 2.75) is 18.9 Å². The van der Waals surface area contributed by atoms with Gasteiger partial charge in [-0.15, -0.1) is 0 Å². The van der Waals surface area contributed by atoms with Crippen molar-refractivity contribution in [2.24, 2.45) is 0 Å². The average Bonchev–Trinajstić information content (AvgIpc) is 2.23. The van der Waals surface area contributed by atoms with Crippen LogP contribution in [0.1, 0.15) is 12.0 Å². The molecule has 1 amide bonds. The van der Waals surface area contributed by atoms with Crippen LogP contribution in [0.3, 0.4) is 0 Å². The molecule has 0 aromatic heterocycles. The average molecular weight is 218 g/mol. The number of carbonyl (C=O) groups excluding carboxylic acids is 1. The van der Waals surface area contributed by atoms with Gasteiger partial charge in [0.1, 0.15) is 11.9 Å². The maximum atomic E-state index is 11.2. The van der Waals surface area contributed by atoms with Crippen molar-refractivity contribution in [3.8, 4) is 5.75 Å². The first kappa shape index (κ1) is 9.66. The van der Waals surface area contributed by atoms with E-state index in [4.69, 9.17) is 4.74 Å². The molecule has 2 aliphatic heterocycles. The molecule has 0 spiro atoms. The fourth-order valence-electron chi connectivity index (χ4n) is 1.97. The van der Waals surface area contributed by atoms with Crippen LogP contribution in [0.5, 0.6) is 5.75 Å². The summed E-state index contributed by atoms with van der Waals surface area (Å²) in [6.45, 7) is 1.85. The summed E-state index contributed by atoms with van der Waals surface area (Å²) in [5.41, 5.74) is 2.10. The van der Waals surface area contributed by atoms with Crippen LogP contribution in [0.4, 0.5) is 5.69 Å². The lowest BCUT2D eigenvalue weighted by atomic mass is 10.0. The van der Waals surface area contributed by atoms with E-state index in [1.807, 2.05) is 18.2 Å². The molecule has 0 saturated carbocycles. The zero-order chi connectivity index (χ0) is 11.0. The summed E-state index contributed by atoms with van der Waals surface area (Å²) in [5.74, 6) is 1.01. The number of rotatable bonds is 2. The highest BCUT2D eigenvalue weighted by atomic mass is 16.5. The Hall–Kier alpha value is -1.55. The van der Waals surface area contributed by atoms with Gasteiger partial charge in [0.15, 0.2) is 0 Å². The molecule has 2 aliphatic rings. The Morgan fingerprint density at radius 1 is 1.25 bits per heavy atom. The van der Waals surface area contributed by atoms with Crippen LogP contribution < -0.4 is 15.4 Å².